The average Bonchev–Trinajstić information content (AvgIpc) is 2.13. The van der Waals surface area contributed by atoms with Crippen LogP contribution in [0.3, 0.4) is 0 Å². The number of carbonyl (C=O) groups is 1. The fourth-order valence-electron chi connectivity index (χ4n) is 1.04. The van der Waals surface area contributed by atoms with E-state index in [0.29, 0.717) is 6.61 Å². The molecule has 0 amide bonds. The number of rotatable bonds is 5. The van der Waals surface area contributed by atoms with E-state index in [0.717, 1.165) is 6.42 Å². The third kappa shape index (κ3) is 4.51. The highest BCUT2D eigenvalue weighted by molar-refractivity contribution is 5.70. The predicted molar refractivity (Wildman–Crippen MR) is 51.1 cm³/mol. The van der Waals surface area contributed by atoms with Crippen molar-refractivity contribution in [1.29, 1.82) is 0 Å². The van der Waals surface area contributed by atoms with E-state index >= 15 is 0 Å². The number of hydrogen-bond acceptors (Lipinski definition) is 2. The summed E-state index contributed by atoms with van der Waals surface area (Å²) in [6, 6.07) is -0.218. The first-order valence-electron chi connectivity index (χ1n) is 4.67. The van der Waals surface area contributed by atoms with Crippen LogP contribution >= 0.6 is 0 Å². The van der Waals surface area contributed by atoms with E-state index in [9.17, 15) is 4.79 Å². The van der Waals surface area contributed by atoms with Gasteiger partial charge in [-0.2, -0.15) is 0 Å². The molecule has 0 rings (SSSR count). The molecule has 13 heavy (non-hydrogen) atoms. The lowest BCUT2D eigenvalue weighted by Gasteiger charge is -2.10. The van der Waals surface area contributed by atoms with Crippen molar-refractivity contribution >= 4 is 5.97 Å². The molecule has 0 radical (unpaired) electrons. The lowest BCUT2D eigenvalue weighted by atomic mass is 9.97. The van der Waals surface area contributed by atoms with Gasteiger partial charge in [0.2, 0.25) is 6.04 Å². The molecule has 0 bridgehead atoms. The summed E-state index contributed by atoms with van der Waals surface area (Å²) in [5, 5.41) is 0. The maximum atomic E-state index is 11.1. The number of nitrogens with zero attached hydrogens (tertiary/aromatic N) is 1. The molecule has 0 aromatic heterocycles. The minimum atomic E-state index is -0.260. The topological polar surface area (TPSA) is 30.7 Å². The minimum absolute atomic E-state index is 0.218. The summed E-state index contributed by atoms with van der Waals surface area (Å²) in [6.07, 6.45) is 1.15. The zero-order valence-corrected chi connectivity index (χ0v) is 8.54. The molecule has 0 aromatic rings. The van der Waals surface area contributed by atoms with Gasteiger partial charge in [0.05, 0.1) is 6.61 Å². The van der Waals surface area contributed by atoms with Crippen molar-refractivity contribution < 1.29 is 9.53 Å². The van der Waals surface area contributed by atoms with Crippen LogP contribution in [-0.4, -0.2) is 18.6 Å². The summed E-state index contributed by atoms with van der Waals surface area (Å²) in [7, 11) is 0. The smallest absolute Gasteiger partial charge is 0.313 e. The van der Waals surface area contributed by atoms with E-state index in [-0.39, 0.29) is 24.3 Å². The Kier molecular flexibility index (Phi) is 5.96. The molecule has 0 spiro atoms. The zero-order chi connectivity index (χ0) is 10.3. The highest BCUT2D eigenvalue weighted by atomic mass is 16.5. The van der Waals surface area contributed by atoms with Gasteiger partial charge in [-0.25, -0.2) is 6.57 Å². The Hall–Kier alpha value is -1.04. The molecule has 74 valence electrons. The van der Waals surface area contributed by atoms with E-state index in [1.165, 1.54) is 0 Å². The molecule has 0 saturated heterocycles. The van der Waals surface area contributed by atoms with Gasteiger partial charge in [-0.3, -0.25) is 4.79 Å². The van der Waals surface area contributed by atoms with Crippen LogP contribution in [-0.2, 0) is 9.53 Å². The number of carbonyl (C=O) groups excluding carboxylic acids is 1. The molecule has 2 atom stereocenters. The summed E-state index contributed by atoms with van der Waals surface area (Å²) >= 11 is 0. The van der Waals surface area contributed by atoms with Crippen LogP contribution in [0.1, 0.15) is 33.6 Å². The van der Waals surface area contributed by atoms with Gasteiger partial charge in [0.15, 0.2) is 0 Å². The Bertz CT molecular complexity index is 196. The molecule has 0 saturated carbocycles. The monoisotopic (exact) mass is 183 g/mol. The molecule has 0 aliphatic carbocycles. The van der Waals surface area contributed by atoms with Crippen molar-refractivity contribution in [2.24, 2.45) is 5.92 Å². The van der Waals surface area contributed by atoms with Crippen molar-refractivity contribution in [3.05, 3.63) is 11.4 Å². The second kappa shape index (κ2) is 6.47. The predicted octanol–water partition coefficient (Wildman–Crippen LogP) is 2.27. The largest absolute Gasteiger partial charge is 0.466 e. The van der Waals surface area contributed by atoms with Crippen molar-refractivity contribution in [1.82, 2.24) is 0 Å². The molecule has 0 fully saturated rings. The lowest BCUT2D eigenvalue weighted by Crippen LogP contribution is -2.19. The number of ether oxygens (including phenoxy) is 1. The Morgan fingerprint density at radius 3 is 2.54 bits per heavy atom. The summed E-state index contributed by atoms with van der Waals surface area (Å²) in [4.78, 5) is 14.5. The molecular formula is C10H17NO2. The van der Waals surface area contributed by atoms with Gasteiger partial charge in [-0.15, -0.1) is 0 Å². The molecule has 3 heteroatoms. The Morgan fingerprint density at radius 2 is 2.15 bits per heavy atom. The van der Waals surface area contributed by atoms with Crippen molar-refractivity contribution in [2.45, 2.75) is 39.7 Å². The van der Waals surface area contributed by atoms with Crippen molar-refractivity contribution in [3.63, 3.8) is 0 Å². The van der Waals surface area contributed by atoms with Gasteiger partial charge in [-0.05, 0) is 13.3 Å². The highest BCUT2D eigenvalue weighted by Crippen LogP contribution is 2.15. The van der Waals surface area contributed by atoms with E-state index in [1.807, 2.05) is 13.8 Å². The van der Waals surface area contributed by atoms with Crippen LogP contribution in [0.4, 0.5) is 0 Å². The second-order valence-corrected chi connectivity index (χ2v) is 3.09. The molecule has 0 aromatic carbocycles. The fourth-order valence-corrected chi connectivity index (χ4v) is 1.04. The Morgan fingerprint density at radius 1 is 1.54 bits per heavy atom. The van der Waals surface area contributed by atoms with Crippen molar-refractivity contribution in [2.75, 3.05) is 6.61 Å². The molecule has 0 aliphatic heterocycles. The van der Waals surface area contributed by atoms with E-state index in [1.54, 1.807) is 6.92 Å². The molecule has 0 heterocycles. The fraction of sp³-hybridized carbons (Fsp3) is 0.800. The normalized spacial score (nSPS) is 14.3. The first-order chi connectivity index (χ1) is 6.15. The van der Waals surface area contributed by atoms with E-state index in [2.05, 4.69) is 4.85 Å². The maximum absolute atomic E-state index is 11.1. The minimum Gasteiger partial charge on any atom is -0.466 e. The maximum Gasteiger partial charge on any atom is 0.313 e. The van der Waals surface area contributed by atoms with E-state index in [4.69, 9.17) is 11.3 Å². The van der Waals surface area contributed by atoms with Crippen LogP contribution < -0.4 is 0 Å². The quantitative estimate of drug-likeness (QED) is 0.483. The molecule has 0 N–H and O–H groups in total. The van der Waals surface area contributed by atoms with Crippen LogP contribution in [0.5, 0.6) is 0 Å². The SMILES string of the molecule is [C-]#[N+][C@H](CC(=O)OCC)[C@@H](C)CC. The van der Waals surface area contributed by atoms with Gasteiger partial charge in [0.25, 0.3) is 0 Å². The zero-order valence-electron chi connectivity index (χ0n) is 8.54. The summed E-state index contributed by atoms with van der Waals surface area (Å²) < 4.78 is 4.79. The molecule has 0 aliphatic rings. The standard InChI is InChI=1S/C10H17NO2/c1-5-8(3)9(11-4)7-10(12)13-6-2/h8-9H,5-7H2,1-3H3/t8-,9+/m0/s1. The van der Waals surface area contributed by atoms with E-state index < -0.39 is 0 Å². The first kappa shape index (κ1) is 12.0. The van der Waals surface area contributed by atoms with Crippen LogP contribution in [0, 0.1) is 12.5 Å². The van der Waals surface area contributed by atoms with Crippen LogP contribution in [0.2, 0.25) is 0 Å². The van der Waals surface area contributed by atoms with Gasteiger partial charge < -0.3 is 9.58 Å². The third-order valence-electron chi connectivity index (χ3n) is 2.15. The van der Waals surface area contributed by atoms with Crippen LogP contribution in [0.15, 0.2) is 0 Å². The van der Waals surface area contributed by atoms with Gasteiger partial charge in [0, 0.05) is 5.92 Å². The third-order valence-corrected chi connectivity index (χ3v) is 2.15. The Labute approximate surface area is 79.9 Å². The summed E-state index contributed by atoms with van der Waals surface area (Å²) in [5.41, 5.74) is 0. The van der Waals surface area contributed by atoms with Gasteiger partial charge in [0.1, 0.15) is 6.42 Å². The lowest BCUT2D eigenvalue weighted by molar-refractivity contribution is -0.143. The summed E-state index contributed by atoms with van der Waals surface area (Å²) in [6.45, 7) is 13.1. The van der Waals surface area contributed by atoms with Crippen LogP contribution in [0.25, 0.3) is 4.85 Å². The van der Waals surface area contributed by atoms with Gasteiger partial charge in [-0.1, -0.05) is 13.8 Å². The summed E-state index contributed by atoms with van der Waals surface area (Å²) in [5.74, 6) is 0.00528. The van der Waals surface area contributed by atoms with Gasteiger partial charge >= 0.3 is 5.97 Å². The highest BCUT2D eigenvalue weighted by Gasteiger charge is 2.24. The molecule has 0 unspecified atom stereocenters. The first-order valence-corrected chi connectivity index (χ1v) is 4.67. The number of hydrogen-bond donors (Lipinski definition) is 0. The van der Waals surface area contributed by atoms with Crippen molar-refractivity contribution in [3.8, 4) is 0 Å². The second-order valence-electron chi connectivity index (χ2n) is 3.09. The Balaban J connectivity index is 3.99. The molecule has 3 nitrogen and oxygen atoms in total. The molecular weight excluding hydrogens is 166 g/mol. The number of esters is 1. The average molecular weight is 183 g/mol.